The third-order valence-electron chi connectivity index (χ3n) is 2.87. The van der Waals surface area contributed by atoms with Gasteiger partial charge in [-0.2, -0.15) is 0 Å². The van der Waals surface area contributed by atoms with Crippen LogP contribution in [-0.4, -0.2) is 27.1 Å². The van der Waals surface area contributed by atoms with Crippen LogP contribution in [0.15, 0.2) is 54.6 Å². The molecule has 1 amide bonds. The Hall–Kier alpha value is -2.41. The predicted octanol–water partition coefficient (Wildman–Crippen LogP) is 2.23. The number of rotatable bonds is 5. The van der Waals surface area contributed by atoms with E-state index in [1.807, 2.05) is 0 Å². The van der Waals surface area contributed by atoms with Crippen molar-refractivity contribution in [2.24, 2.45) is 0 Å². The van der Waals surface area contributed by atoms with Gasteiger partial charge in [-0.15, -0.1) is 0 Å². The molecular formula is C15H15FN2O3S. The minimum absolute atomic E-state index is 0.159. The number of anilines is 2. The Morgan fingerprint density at radius 1 is 1.09 bits per heavy atom. The van der Waals surface area contributed by atoms with Crippen molar-refractivity contribution < 1.29 is 17.6 Å². The van der Waals surface area contributed by atoms with Crippen molar-refractivity contribution in [1.29, 1.82) is 0 Å². The Kier molecular flexibility index (Phi) is 4.77. The number of carbonyl (C=O) groups excluding carboxylic acids is 1. The van der Waals surface area contributed by atoms with Gasteiger partial charge in [0.25, 0.3) is 0 Å². The third-order valence-corrected chi connectivity index (χ3v) is 3.99. The van der Waals surface area contributed by atoms with E-state index in [1.165, 1.54) is 18.2 Å². The van der Waals surface area contributed by atoms with Gasteiger partial charge in [0.15, 0.2) is 0 Å². The summed E-state index contributed by atoms with van der Waals surface area (Å²) in [4.78, 5) is 12.0. The van der Waals surface area contributed by atoms with Crippen LogP contribution in [0.25, 0.3) is 0 Å². The van der Waals surface area contributed by atoms with Gasteiger partial charge in [0.2, 0.25) is 15.9 Å². The van der Waals surface area contributed by atoms with Gasteiger partial charge in [-0.05, 0) is 24.3 Å². The topological polar surface area (TPSA) is 66.5 Å². The summed E-state index contributed by atoms with van der Waals surface area (Å²) in [7, 11) is -3.80. The summed E-state index contributed by atoms with van der Waals surface area (Å²) in [6.45, 7) is -0.505. The molecule has 22 heavy (non-hydrogen) atoms. The van der Waals surface area contributed by atoms with E-state index in [0.717, 1.165) is 16.6 Å². The number of halogens is 1. The number of amides is 1. The molecule has 5 nitrogen and oxygen atoms in total. The van der Waals surface area contributed by atoms with Crippen molar-refractivity contribution in [1.82, 2.24) is 0 Å². The maximum atomic E-state index is 13.8. The van der Waals surface area contributed by atoms with E-state index in [4.69, 9.17) is 0 Å². The molecule has 0 unspecified atom stereocenters. The molecule has 2 rings (SSSR count). The van der Waals surface area contributed by atoms with E-state index in [0.29, 0.717) is 5.69 Å². The summed E-state index contributed by atoms with van der Waals surface area (Å²) in [5, 5.41) is 2.57. The fourth-order valence-corrected chi connectivity index (χ4v) is 2.74. The number of carbonyl (C=O) groups is 1. The van der Waals surface area contributed by atoms with Crippen LogP contribution < -0.4 is 9.62 Å². The Bertz CT molecular complexity index is 763. The second-order valence-corrected chi connectivity index (χ2v) is 6.54. The molecule has 116 valence electrons. The van der Waals surface area contributed by atoms with Crippen LogP contribution in [0.3, 0.4) is 0 Å². The summed E-state index contributed by atoms with van der Waals surface area (Å²) in [5.74, 6) is -1.26. The zero-order valence-electron chi connectivity index (χ0n) is 11.9. The van der Waals surface area contributed by atoms with E-state index in [2.05, 4.69) is 5.32 Å². The molecule has 2 aromatic carbocycles. The van der Waals surface area contributed by atoms with Crippen LogP contribution in [0.4, 0.5) is 15.8 Å². The van der Waals surface area contributed by atoms with Crippen LogP contribution in [0.1, 0.15) is 0 Å². The molecule has 0 atom stereocenters. The number of hydrogen-bond donors (Lipinski definition) is 1. The molecule has 2 aromatic rings. The summed E-state index contributed by atoms with van der Waals surface area (Å²) >= 11 is 0. The second-order valence-electron chi connectivity index (χ2n) is 4.64. The molecule has 0 saturated heterocycles. The van der Waals surface area contributed by atoms with Crippen LogP contribution in [0.5, 0.6) is 0 Å². The van der Waals surface area contributed by atoms with Crippen molar-refractivity contribution in [3.8, 4) is 0 Å². The zero-order valence-corrected chi connectivity index (χ0v) is 12.7. The van der Waals surface area contributed by atoms with E-state index in [1.54, 1.807) is 30.3 Å². The zero-order chi connectivity index (χ0) is 16.2. The number of sulfonamides is 1. The average Bonchev–Trinajstić information content (AvgIpc) is 2.46. The van der Waals surface area contributed by atoms with E-state index in [-0.39, 0.29) is 5.69 Å². The van der Waals surface area contributed by atoms with E-state index >= 15 is 0 Å². The lowest BCUT2D eigenvalue weighted by atomic mass is 10.3. The molecule has 0 radical (unpaired) electrons. The van der Waals surface area contributed by atoms with E-state index in [9.17, 15) is 17.6 Å². The summed E-state index contributed by atoms with van der Waals surface area (Å²) < 4.78 is 38.2. The van der Waals surface area contributed by atoms with Gasteiger partial charge in [0.1, 0.15) is 12.4 Å². The summed E-state index contributed by atoms with van der Waals surface area (Å²) in [5.41, 5.74) is 0.377. The van der Waals surface area contributed by atoms with Crippen LogP contribution in [0.2, 0.25) is 0 Å². The van der Waals surface area contributed by atoms with Gasteiger partial charge in [-0.3, -0.25) is 9.10 Å². The van der Waals surface area contributed by atoms with Gasteiger partial charge in [-0.1, -0.05) is 30.3 Å². The molecule has 7 heteroatoms. The van der Waals surface area contributed by atoms with Crippen LogP contribution in [0, 0.1) is 5.82 Å². The first-order valence-corrected chi connectivity index (χ1v) is 8.30. The molecule has 0 aliphatic rings. The largest absolute Gasteiger partial charge is 0.325 e. The fraction of sp³-hybridized carbons (Fsp3) is 0.133. The molecule has 0 aliphatic carbocycles. The number of nitrogens with zero attached hydrogens (tertiary/aromatic N) is 1. The highest BCUT2D eigenvalue weighted by Gasteiger charge is 2.23. The Morgan fingerprint density at radius 3 is 2.27 bits per heavy atom. The third kappa shape index (κ3) is 4.05. The SMILES string of the molecule is CS(=O)(=O)N(CC(=O)Nc1ccccc1)c1ccccc1F. The fourth-order valence-electron chi connectivity index (χ4n) is 1.89. The molecule has 0 aromatic heterocycles. The van der Waals surface area contributed by atoms with Gasteiger partial charge in [0, 0.05) is 5.69 Å². The summed E-state index contributed by atoms with van der Waals surface area (Å²) in [6.07, 6.45) is 0.926. The highest BCUT2D eigenvalue weighted by Crippen LogP contribution is 2.21. The Morgan fingerprint density at radius 2 is 1.68 bits per heavy atom. The molecule has 0 bridgehead atoms. The van der Waals surface area contributed by atoms with Crippen molar-refractivity contribution in [3.63, 3.8) is 0 Å². The highest BCUT2D eigenvalue weighted by atomic mass is 32.2. The average molecular weight is 322 g/mol. The maximum absolute atomic E-state index is 13.8. The van der Waals surface area contributed by atoms with Gasteiger partial charge >= 0.3 is 0 Å². The predicted molar refractivity (Wildman–Crippen MR) is 83.7 cm³/mol. The first-order chi connectivity index (χ1) is 10.4. The van der Waals surface area contributed by atoms with Crippen molar-refractivity contribution in [2.45, 2.75) is 0 Å². The van der Waals surface area contributed by atoms with Gasteiger partial charge in [-0.25, -0.2) is 12.8 Å². The Balaban J connectivity index is 2.22. The standard InChI is InChI=1S/C15H15FN2O3S/c1-22(20,21)18(14-10-6-5-9-13(14)16)11-15(19)17-12-7-3-2-4-8-12/h2-10H,11H2,1H3,(H,17,19). The normalized spacial score (nSPS) is 11.0. The van der Waals surface area contributed by atoms with Crippen LogP contribution >= 0.6 is 0 Å². The molecule has 0 fully saturated rings. The minimum Gasteiger partial charge on any atom is -0.325 e. The number of nitrogens with one attached hydrogen (secondary N) is 1. The summed E-state index contributed by atoms with van der Waals surface area (Å²) in [6, 6.07) is 14.0. The second kappa shape index (κ2) is 6.57. The Labute approximate surface area is 128 Å². The number of para-hydroxylation sites is 2. The van der Waals surface area contributed by atoms with Gasteiger partial charge in [0.05, 0.1) is 11.9 Å². The highest BCUT2D eigenvalue weighted by molar-refractivity contribution is 7.92. The van der Waals surface area contributed by atoms with E-state index < -0.39 is 28.3 Å². The van der Waals surface area contributed by atoms with Crippen molar-refractivity contribution >= 4 is 27.3 Å². The van der Waals surface area contributed by atoms with Gasteiger partial charge < -0.3 is 5.32 Å². The molecule has 0 aliphatic heterocycles. The monoisotopic (exact) mass is 322 g/mol. The lowest BCUT2D eigenvalue weighted by Crippen LogP contribution is -2.38. The van der Waals surface area contributed by atoms with Crippen molar-refractivity contribution in [2.75, 3.05) is 22.4 Å². The van der Waals surface area contributed by atoms with Crippen molar-refractivity contribution in [3.05, 3.63) is 60.4 Å². The first kappa shape index (κ1) is 16.0. The number of hydrogen-bond acceptors (Lipinski definition) is 3. The quantitative estimate of drug-likeness (QED) is 0.918. The smallest absolute Gasteiger partial charge is 0.245 e. The molecule has 1 N–H and O–H groups in total. The lowest BCUT2D eigenvalue weighted by molar-refractivity contribution is -0.114. The lowest BCUT2D eigenvalue weighted by Gasteiger charge is -2.22. The maximum Gasteiger partial charge on any atom is 0.245 e. The molecule has 0 heterocycles. The molecule has 0 spiro atoms. The first-order valence-electron chi connectivity index (χ1n) is 6.45. The number of benzene rings is 2. The molecular weight excluding hydrogens is 307 g/mol. The molecule has 0 saturated carbocycles. The minimum atomic E-state index is -3.80. The van der Waals surface area contributed by atoms with Crippen LogP contribution in [-0.2, 0) is 14.8 Å².